The Morgan fingerprint density at radius 2 is 1.65 bits per heavy atom. The Bertz CT molecular complexity index is 1490. The van der Waals surface area contributed by atoms with Crippen LogP contribution in [0.4, 0.5) is 0 Å². The highest BCUT2D eigenvalue weighted by Gasteiger charge is 2.42. The molecule has 9 nitrogen and oxygen atoms in total. The van der Waals surface area contributed by atoms with Crippen molar-refractivity contribution in [1.29, 1.82) is 0 Å². The summed E-state index contributed by atoms with van der Waals surface area (Å²) in [5, 5.41) is 0.794. The van der Waals surface area contributed by atoms with Gasteiger partial charge in [-0.05, 0) is 61.9 Å². The number of ketones is 2. The summed E-state index contributed by atoms with van der Waals surface area (Å²) in [7, 11) is 5.97. The molecule has 1 aliphatic carbocycles. The first kappa shape index (κ1) is 29.0. The van der Waals surface area contributed by atoms with Crippen LogP contribution in [0, 0.1) is 11.8 Å². The fraction of sp³-hybridized carbons (Fsp3) is 0.452. The SMILES string of the molecule is CCC(CCC(C)C1(C)C(C)=CC(=O)c2[nH]c(C(=O)OC)cc21)C(=O)c1cc2cc(OC)c(OC)c(OC)c2[nH]1. The van der Waals surface area contributed by atoms with Crippen molar-refractivity contribution in [3.05, 3.63) is 52.5 Å². The third-order valence-corrected chi connectivity index (χ3v) is 8.68. The van der Waals surface area contributed by atoms with E-state index >= 15 is 0 Å². The van der Waals surface area contributed by atoms with E-state index in [-0.39, 0.29) is 29.1 Å². The number of benzene rings is 1. The van der Waals surface area contributed by atoms with Crippen LogP contribution in [-0.4, -0.2) is 55.9 Å². The number of nitrogens with one attached hydrogen (secondary N) is 2. The van der Waals surface area contributed by atoms with Crippen LogP contribution in [0.1, 0.15) is 84.0 Å². The molecule has 40 heavy (non-hydrogen) atoms. The maximum atomic E-state index is 13.7. The molecular weight excluding hydrogens is 512 g/mol. The second-order valence-electron chi connectivity index (χ2n) is 10.6. The van der Waals surface area contributed by atoms with Gasteiger partial charge in [0.05, 0.1) is 45.3 Å². The van der Waals surface area contributed by atoms with E-state index in [4.69, 9.17) is 18.9 Å². The van der Waals surface area contributed by atoms with Gasteiger partial charge in [-0.25, -0.2) is 4.79 Å². The molecule has 3 unspecified atom stereocenters. The number of aromatic amines is 2. The van der Waals surface area contributed by atoms with Crippen LogP contribution in [-0.2, 0) is 10.2 Å². The number of aromatic nitrogens is 2. The van der Waals surface area contributed by atoms with E-state index in [9.17, 15) is 14.4 Å². The fourth-order valence-electron chi connectivity index (χ4n) is 5.92. The maximum absolute atomic E-state index is 13.7. The average Bonchev–Trinajstić information content (AvgIpc) is 3.60. The van der Waals surface area contributed by atoms with Gasteiger partial charge in [-0.3, -0.25) is 9.59 Å². The summed E-state index contributed by atoms with van der Waals surface area (Å²) in [4.78, 5) is 44.9. The van der Waals surface area contributed by atoms with Crippen LogP contribution < -0.4 is 14.2 Å². The zero-order valence-electron chi connectivity index (χ0n) is 24.4. The van der Waals surface area contributed by atoms with Gasteiger partial charge in [0.2, 0.25) is 11.5 Å². The Hall–Kier alpha value is -4.01. The summed E-state index contributed by atoms with van der Waals surface area (Å²) in [5.74, 6) is 0.683. The van der Waals surface area contributed by atoms with E-state index in [0.29, 0.717) is 47.0 Å². The van der Waals surface area contributed by atoms with Gasteiger partial charge in [-0.1, -0.05) is 26.3 Å². The Labute approximate surface area is 234 Å². The first-order chi connectivity index (χ1) is 19.0. The molecule has 1 aromatic carbocycles. The summed E-state index contributed by atoms with van der Waals surface area (Å²) in [6.07, 6.45) is 3.72. The molecule has 0 bridgehead atoms. The largest absolute Gasteiger partial charge is 0.493 e. The molecule has 0 saturated carbocycles. The van der Waals surface area contributed by atoms with E-state index in [2.05, 4.69) is 23.8 Å². The summed E-state index contributed by atoms with van der Waals surface area (Å²) < 4.78 is 21.4. The number of carbonyl (C=O) groups is 3. The normalized spacial score (nSPS) is 18.1. The molecule has 2 aromatic heterocycles. The van der Waals surface area contributed by atoms with Crippen molar-refractivity contribution in [2.45, 2.75) is 52.4 Å². The number of Topliss-reactive ketones (excluding diaryl/α,β-unsaturated/α-hetero) is 1. The number of fused-ring (bicyclic) bond motifs is 2. The summed E-state index contributed by atoms with van der Waals surface area (Å²) in [5.41, 5.74) is 3.08. The quantitative estimate of drug-likeness (QED) is 0.221. The molecule has 0 saturated heterocycles. The summed E-state index contributed by atoms with van der Waals surface area (Å²) in [6.45, 7) is 8.19. The Balaban J connectivity index is 1.59. The van der Waals surface area contributed by atoms with Crippen LogP contribution in [0.2, 0.25) is 0 Å². The smallest absolute Gasteiger partial charge is 0.354 e. The summed E-state index contributed by atoms with van der Waals surface area (Å²) >= 11 is 0. The topological polar surface area (TPSA) is 120 Å². The van der Waals surface area contributed by atoms with Crippen molar-refractivity contribution in [2.24, 2.45) is 11.8 Å². The number of H-pyrrole nitrogens is 2. The minimum atomic E-state index is -0.517. The number of carbonyl (C=O) groups excluding carboxylic acids is 3. The van der Waals surface area contributed by atoms with E-state index in [1.54, 1.807) is 33.5 Å². The van der Waals surface area contributed by atoms with Crippen LogP contribution in [0.5, 0.6) is 17.2 Å². The predicted molar refractivity (Wildman–Crippen MR) is 152 cm³/mol. The molecule has 0 aliphatic heterocycles. The lowest BCUT2D eigenvalue weighted by atomic mass is 9.63. The van der Waals surface area contributed by atoms with Gasteiger partial charge in [-0.2, -0.15) is 0 Å². The van der Waals surface area contributed by atoms with Gasteiger partial charge >= 0.3 is 5.97 Å². The minimum Gasteiger partial charge on any atom is -0.493 e. The number of esters is 1. The number of ether oxygens (including phenoxy) is 4. The molecule has 1 aliphatic rings. The van der Waals surface area contributed by atoms with Crippen LogP contribution in [0.15, 0.2) is 29.8 Å². The number of methoxy groups -OCH3 is 4. The Morgan fingerprint density at radius 3 is 2.25 bits per heavy atom. The lowest BCUT2D eigenvalue weighted by Crippen LogP contribution is -2.36. The van der Waals surface area contributed by atoms with E-state index in [1.807, 2.05) is 26.0 Å². The highest BCUT2D eigenvalue weighted by atomic mass is 16.5. The second-order valence-corrected chi connectivity index (χ2v) is 10.6. The van der Waals surface area contributed by atoms with Crippen molar-refractivity contribution in [1.82, 2.24) is 9.97 Å². The van der Waals surface area contributed by atoms with Gasteiger partial charge < -0.3 is 28.9 Å². The molecule has 0 radical (unpaired) electrons. The molecule has 2 heterocycles. The third-order valence-electron chi connectivity index (χ3n) is 8.68. The van der Waals surface area contributed by atoms with E-state index < -0.39 is 11.4 Å². The van der Waals surface area contributed by atoms with Gasteiger partial charge in [0.15, 0.2) is 17.3 Å². The molecule has 0 fully saturated rings. The van der Waals surface area contributed by atoms with Crippen molar-refractivity contribution in [3.8, 4) is 17.2 Å². The Morgan fingerprint density at radius 1 is 0.950 bits per heavy atom. The minimum absolute atomic E-state index is 0.0254. The number of hydrogen-bond donors (Lipinski definition) is 2. The van der Waals surface area contributed by atoms with Gasteiger partial charge in [-0.15, -0.1) is 0 Å². The van der Waals surface area contributed by atoms with Crippen LogP contribution >= 0.6 is 0 Å². The molecule has 4 rings (SSSR count). The maximum Gasteiger partial charge on any atom is 0.354 e. The lowest BCUT2D eigenvalue weighted by Gasteiger charge is -2.40. The number of allylic oxidation sites excluding steroid dienone is 2. The zero-order chi connectivity index (χ0) is 29.4. The Kier molecular flexibility index (Phi) is 8.14. The van der Waals surface area contributed by atoms with Gasteiger partial charge in [0.1, 0.15) is 5.69 Å². The van der Waals surface area contributed by atoms with E-state index in [0.717, 1.165) is 22.9 Å². The molecule has 0 amide bonds. The summed E-state index contributed by atoms with van der Waals surface area (Å²) in [6, 6.07) is 5.38. The molecular formula is C31H38N2O7. The van der Waals surface area contributed by atoms with Gasteiger partial charge in [0.25, 0.3) is 0 Å². The lowest BCUT2D eigenvalue weighted by molar-refractivity contribution is 0.0594. The van der Waals surface area contributed by atoms with Crippen LogP contribution in [0.3, 0.4) is 0 Å². The molecule has 0 spiro atoms. The van der Waals surface area contributed by atoms with Crippen molar-refractivity contribution in [3.63, 3.8) is 0 Å². The van der Waals surface area contributed by atoms with E-state index in [1.165, 1.54) is 7.11 Å². The fourth-order valence-corrected chi connectivity index (χ4v) is 5.92. The molecule has 214 valence electrons. The number of rotatable bonds is 11. The standard InChI is InChI=1S/C31H38N2O7/c1-9-18(27(35)21-13-19-14-24(37-5)28(38-6)29(39-7)25(19)32-21)11-10-16(2)31(4)17(3)12-23(34)26-20(31)15-22(33-26)30(36)40-8/h12-16,18,32-33H,9-11H2,1-8H3. The zero-order valence-corrected chi connectivity index (χ0v) is 24.4. The van der Waals surface area contributed by atoms with Crippen molar-refractivity contribution < 1.29 is 33.3 Å². The van der Waals surface area contributed by atoms with Crippen LogP contribution in [0.25, 0.3) is 10.9 Å². The molecule has 2 N–H and O–H groups in total. The third kappa shape index (κ3) is 4.67. The highest BCUT2D eigenvalue weighted by molar-refractivity contribution is 6.08. The molecule has 3 aromatic rings. The predicted octanol–water partition coefficient (Wildman–Crippen LogP) is 6.03. The van der Waals surface area contributed by atoms with Crippen molar-refractivity contribution >= 4 is 28.4 Å². The highest BCUT2D eigenvalue weighted by Crippen LogP contribution is 2.47. The molecule has 3 atom stereocenters. The van der Waals surface area contributed by atoms with Crippen molar-refractivity contribution in [2.75, 3.05) is 28.4 Å². The number of hydrogen-bond acceptors (Lipinski definition) is 7. The second kappa shape index (κ2) is 11.2. The van der Waals surface area contributed by atoms with Gasteiger partial charge in [0, 0.05) is 16.7 Å². The monoisotopic (exact) mass is 550 g/mol. The molecule has 9 heteroatoms. The average molecular weight is 551 g/mol. The first-order valence-corrected chi connectivity index (χ1v) is 13.5. The first-order valence-electron chi connectivity index (χ1n) is 13.5.